The highest BCUT2D eigenvalue weighted by atomic mass is 32.1. The van der Waals surface area contributed by atoms with Crippen LogP contribution in [-0.4, -0.2) is 19.9 Å². The molecule has 4 nitrogen and oxygen atoms in total. The van der Waals surface area contributed by atoms with Gasteiger partial charge in [0.05, 0.1) is 22.8 Å². The minimum absolute atomic E-state index is 0.712. The van der Waals surface area contributed by atoms with Gasteiger partial charge in [0.2, 0.25) is 0 Å². The van der Waals surface area contributed by atoms with Crippen molar-refractivity contribution in [1.82, 2.24) is 19.9 Å². The molecule has 61 heavy (non-hydrogen) atoms. The summed E-state index contributed by atoms with van der Waals surface area (Å²) in [6, 6.07) is 76.2. The van der Waals surface area contributed by atoms with Gasteiger partial charge in [0.1, 0.15) is 0 Å². The summed E-state index contributed by atoms with van der Waals surface area (Å²) in [5, 5.41) is 2.53. The smallest absolute Gasteiger partial charge is 0.160 e. The van der Waals surface area contributed by atoms with E-state index in [1.807, 2.05) is 84.1 Å². The Morgan fingerprint density at radius 3 is 1.10 bits per heavy atom. The molecule has 11 rings (SSSR count). The predicted octanol–water partition coefficient (Wildman–Crippen LogP) is 15.0. The third kappa shape index (κ3) is 7.07. The fourth-order valence-electron chi connectivity index (χ4n) is 8.09. The Morgan fingerprint density at radius 2 is 0.639 bits per heavy atom. The van der Waals surface area contributed by atoms with Crippen LogP contribution < -0.4 is 0 Å². The molecule has 0 bridgehead atoms. The van der Waals surface area contributed by atoms with Gasteiger partial charge in [0.25, 0.3) is 0 Å². The lowest BCUT2D eigenvalue weighted by Gasteiger charge is -2.11. The van der Waals surface area contributed by atoms with Crippen LogP contribution in [0.4, 0.5) is 0 Å². The van der Waals surface area contributed by atoms with Gasteiger partial charge in [-0.3, -0.25) is 0 Å². The average molecular weight is 797 g/mol. The maximum absolute atomic E-state index is 5.06. The molecule has 0 saturated heterocycles. The third-order valence-electron chi connectivity index (χ3n) is 11.2. The first kappa shape index (κ1) is 36.2. The minimum atomic E-state index is 0.712. The van der Waals surface area contributed by atoms with Crippen LogP contribution >= 0.6 is 11.3 Å². The second-order valence-electron chi connectivity index (χ2n) is 15.0. The molecule has 8 aromatic carbocycles. The topological polar surface area (TPSA) is 51.6 Å². The average Bonchev–Trinajstić information content (AvgIpc) is 3.74. The van der Waals surface area contributed by atoms with Gasteiger partial charge in [-0.1, -0.05) is 200 Å². The van der Waals surface area contributed by atoms with Crippen molar-refractivity contribution in [3.63, 3.8) is 0 Å². The molecule has 0 saturated carbocycles. The third-order valence-corrected chi connectivity index (χ3v) is 12.4. The lowest BCUT2D eigenvalue weighted by Crippen LogP contribution is -1.95. The number of hydrogen-bond acceptors (Lipinski definition) is 5. The summed E-state index contributed by atoms with van der Waals surface area (Å²) < 4.78 is 2.54. The largest absolute Gasteiger partial charge is 0.228 e. The van der Waals surface area contributed by atoms with E-state index in [2.05, 4.69) is 146 Å². The Hall–Kier alpha value is -7.86. The maximum atomic E-state index is 5.06. The van der Waals surface area contributed by atoms with E-state index in [0.29, 0.717) is 11.6 Å². The Balaban J connectivity index is 0.944. The van der Waals surface area contributed by atoms with E-state index in [0.717, 1.165) is 56.2 Å². The van der Waals surface area contributed by atoms with Crippen LogP contribution in [0.3, 0.4) is 0 Å². The van der Waals surface area contributed by atoms with E-state index in [9.17, 15) is 0 Å². The molecule has 0 atom stereocenters. The van der Waals surface area contributed by atoms with Gasteiger partial charge in [-0.05, 0) is 40.5 Å². The van der Waals surface area contributed by atoms with Gasteiger partial charge in [0, 0.05) is 53.6 Å². The SMILES string of the molecule is c1ccc(-c2cc(-c3ccc(-c4cccc5c4sc4cccc(-c6ccc(-c7cc(-c8ccccc8)nc(-c8ccccc8)n7)cc6)c45)cc3)nc(-c3ccccc3)n2)cc1. The summed E-state index contributed by atoms with van der Waals surface area (Å²) >= 11 is 1.85. The van der Waals surface area contributed by atoms with Crippen LogP contribution in [0.15, 0.2) is 218 Å². The van der Waals surface area contributed by atoms with Gasteiger partial charge < -0.3 is 0 Å². The molecule has 0 amide bonds. The molecule has 0 fully saturated rings. The molecule has 0 aliphatic heterocycles. The molecule has 0 aliphatic carbocycles. The van der Waals surface area contributed by atoms with Crippen LogP contribution in [-0.2, 0) is 0 Å². The standard InChI is InChI=1S/C56H36N4S/c1-5-15-39(16-6-1)48-35-50(59-55(57-48)43-19-9-3-10-20-43)41-31-27-37(28-32-41)45-23-14-26-52-53(45)47-25-13-24-46(54(47)61-52)38-29-33-42(34-30-38)51-36-49(40-17-7-2-8-18-40)58-56(60-51)44-21-11-4-12-22-44/h1-36H. The van der Waals surface area contributed by atoms with E-state index in [-0.39, 0.29) is 0 Å². The van der Waals surface area contributed by atoms with Gasteiger partial charge in [0.15, 0.2) is 11.6 Å². The zero-order valence-electron chi connectivity index (χ0n) is 33.0. The monoisotopic (exact) mass is 796 g/mol. The molecule has 5 heteroatoms. The van der Waals surface area contributed by atoms with Crippen molar-refractivity contribution in [2.75, 3.05) is 0 Å². The summed E-state index contributed by atoms with van der Waals surface area (Å²) in [4.78, 5) is 20.1. The van der Waals surface area contributed by atoms with E-state index in [4.69, 9.17) is 19.9 Å². The molecule has 0 aliphatic rings. The van der Waals surface area contributed by atoms with Crippen molar-refractivity contribution in [2.45, 2.75) is 0 Å². The number of aromatic nitrogens is 4. The minimum Gasteiger partial charge on any atom is -0.228 e. The van der Waals surface area contributed by atoms with E-state index < -0.39 is 0 Å². The second-order valence-corrected chi connectivity index (χ2v) is 16.1. The van der Waals surface area contributed by atoms with Crippen LogP contribution in [0.5, 0.6) is 0 Å². The summed E-state index contributed by atoms with van der Waals surface area (Å²) in [5.74, 6) is 1.43. The zero-order valence-corrected chi connectivity index (χ0v) is 33.8. The Bertz CT molecular complexity index is 3200. The number of hydrogen-bond donors (Lipinski definition) is 0. The van der Waals surface area contributed by atoms with Crippen molar-refractivity contribution in [2.24, 2.45) is 0 Å². The zero-order chi connectivity index (χ0) is 40.5. The number of nitrogens with zero attached hydrogens (tertiary/aromatic N) is 4. The summed E-state index contributed by atoms with van der Waals surface area (Å²) in [5.41, 5.74) is 14.5. The molecular weight excluding hydrogens is 761 g/mol. The summed E-state index contributed by atoms with van der Waals surface area (Å²) in [7, 11) is 0. The molecule has 0 spiro atoms. The molecule has 3 heterocycles. The first-order valence-electron chi connectivity index (χ1n) is 20.4. The van der Waals surface area contributed by atoms with Crippen molar-refractivity contribution in [3.8, 4) is 90.1 Å². The van der Waals surface area contributed by atoms with Gasteiger partial charge in [-0.2, -0.15) is 0 Å². The first-order valence-corrected chi connectivity index (χ1v) is 21.2. The predicted molar refractivity (Wildman–Crippen MR) is 254 cm³/mol. The Morgan fingerprint density at radius 1 is 0.279 bits per heavy atom. The van der Waals surface area contributed by atoms with E-state index in [1.54, 1.807) is 0 Å². The molecule has 0 N–H and O–H groups in total. The van der Waals surface area contributed by atoms with Gasteiger partial charge in [-0.15, -0.1) is 11.3 Å². The molecule has 286 valence electrons. The van der Waals surface area contributed by atoms with Crippen molar-refractivity contribution in [1.29, 1.82) is 0 Å². The second kappa shape index (κ2) is 15.7. The number of thiophene rings is 1. The Kier molecular flexibility index (Phi) is 9.34. The lowest BCUT2D eigenvalue weighted by molar-refractivity contribution is 1.18. The van der Waals surface area contributed by atoms with Crippen LogP contribution in [0.1, 0.15) is 0 Å². The van der Waals surface area contributed by atoms with E-state index in [1.165, 1.54) is 42.4 Å². The molecule has 0 unspecified atom stereocenters. The first-order chi connectivity index (χ1) is 30.2. The highest BCUT2D eigenvalue weighted by Crippen LogP contribution is 2.44. The quantitative estimate of drug-likeness (QED) is 0.154. The number of fused-ring (bicyclic) bond motifs is 3. The lowest BCUT2D eigenvalue weighted by atomic mass is 9.96. The van der Waals surface area contributed by atoms with Gasteiger partial charge >= 0.3 is 0 Å². The molecular formula is C56H36N4S. The fraction of sp³-hybridized carbons (Fsp3) is 0. The molecule has 0 radical (unpaired) electrons. The summed E-state index contributed by atoms with van der Waals surface area (Å²) in [6.07, 6.45) is 0. The highest BCUT2D eigenvalue weighted by molar-refractivity contribution is 7.26. The van der Waals surface area contributed by atoms with E-state index >= 15 is 0 Å². The van der Waals surface area contributed by atoms with Crippen molar-refractivity contribution >= 4 is 31.5 Å². The Labute approximate surface area is 358 Å². The number of rotatable bonds is 8. The van der Waals surface area contributed by atoms with Crippen LogP contribution in [0.2, 0.25) is 0 Å². The normalized spacial score (nSPS) is 11.3. The van der Waals surface area contributed by atoms with Crippen molar-refractivity contribution in [3.05, 3.63) is 218 Å². The molecule has 3 aromatic heterocycles. The maximum Gasteiger partial charge on any atom is 0.160 e. The van der Waals surface area contributed by atoms with Crippen LogP contribution in [0, 0.1) is 0 Å². The van der Waals surface area contributed by atoms with Crippen molar-refractivity contribution < 1.29 is 0 Å². The fourth-order valence-corrected chi connectivity index (χ4v) is 9.36. The van der Waals surface area contributed by atoms with Gasteiger partial charge in [-0.25, -0.2) is 19.9 Å². The molecule has 11 aromatic rings. The highest BCUT2D eigenvalue weighted by Gasteiger charge is 2.17. The van der Waals surface area contributed by atoms with Crippen LogP contribution in [0.25, 0.3) is 110 Å². The number of benzene rings is 8. The summed E-state index contributed by atoms with van der Waals surface area (Å²) in [6.45, 7) is 0.